The summed E-state index contributed by atoms with van der Waals surface area (Å²) in [5.74, 6) is 0. The van der Waals surface area contributed by atoms with E-state index in [1.807, 2.05) is 12.1 Å². The van der Waals surface area contributed by atoms with Crippen LogP contribution in [0.1, 0.15) is 0 Å². The van der Waals surface area contributed by atoms with Crippen LogP contribution in [0.25, 0.3) is 10.8 Å². The van der Waals surface area contributed by atoms with Gasteiger partial charge in [-0.25, -0.2) is 8.42 Å². The molecule has 0 amide bonds. The van der Waals surface area contributed by atoms with Crippen LogP contribution in [-0.2, 0) is 9.05 Å². The van der Waals surface area contributed by atoms with Gasteiger partial charge in [0.15, 0.2) is 0 Å². The highest BCUT2D eigenvalue weighted by molar-refractivity contribution is 8.15. The first-order chi connectivity index (χ1) is 6.09. The minimum Gasteiger partial charge on any atom is -0.344 e. The minimum atomic E-state index is -3.60. The van der Waals surface area contributed by atoms with Crippen LogP contribution in [0.3, 0.4) is 0 Å². The Morgan fingerprint density at radius 2 is 1.86 bits per heavy atom. The molecule has 76 valence electrons. The molecule has 1 aromatic carbocycles. The van der Waals surface area contributed by atoms with Gasteiger partial charge >= 0.3 is 0 Å². The van der Waals surface area contributed by atoms with E-state index in [0.29, 0.717) is 5.39 Å². The molecule has 0 spiro atoms. The van der Waals surface area contributed by atoms with Crippen LogP contribution in [0.4, 0.5) is 0 Å². The molecule has 0 saturated heterocycles. The van der Waals surface area contributed by atoms with Crippen molar-refractivity contribution in [3.05, 3.63) is 29.6 Å². The Labute approximate surface area is 90.3 Å². The van der Waals surface area contributed by atoms with Crippen molar-refractivity contribution >= 4 is 41.8 Å². The molecule has 3 N–H and O–H groups in total. The van der Waals surface area contributed by atoms with Crippen LogP contribution in [0, 0.1) is 0 Å². The lowest BCUT2D eigenvalue weighted by molar-refractivity contribution is 0.612. The monoisotopic (exact) mass is 249 g/mol. The van der Waals surface area contributed by atoms with E-state index in [1.165, 1.54) is 0 Å². The Kier molecular flexibility index (Phi) is 3.16. The third kappa shape index (κ3) is 1.90. The van der Waals surface area contributed by atoms with Crippen molar-refractivity contribution in [1.82, 2.24) is 6.15 Å². The number of hydrogen-bond acceptors (Lipinski definition) is 4. The Bertz CT molecular complexity index is 547. The molecule has 0 atom stereocenters. The molecule has 0 aliphatic carbocycles. The smallest absolute Gasteiger partial charge is 0.271 e. The number of rotatable bonds is 1. The maximum absolute atomic E-state index is 11.1. The van der Waals surface area contributed by atoms with E-state index in [-0.39, 0.29) is 10.4 Å². The lowest BCUT2D eigenvalue weighted by atomic mass is 10.2. The van der Waals surface area contributed by atoms with Crippen molar-refractivity contribution in [3.63, 3.8) is 0 Å². The second-order valence-corrected chi connectivity index (χ2v) is 6.19. The lowest BCUT2D eigenvalue weighted by Gasteiger charge is -1.91. The van der Waals surface area contributed by atoms with E-state index < -0.39 is 9.05 Å². The molecule has 2 rings (SSSR count). The second-order valence-electron chi connectivity index (χ2n) is 2.55. The van der Waals surface area contributed by atoms with Gasteiger partial charge in [-0.2, -0.15) is 0 Å². The predicted octanol–water partition coefficient (Wildman–Crippen LogP) is 2.99. The highest BCUT2D eigenvalue weighted by Crippen LogP contribution is 2.31. The van der Waals surface area contributed by atoms with Crippen molar-refractivity contribution in [2.75, 3.05) is 0 Å². The summed E-state index contributed by atoms with van der Waals surface area (Å²) in [6, 6.07) is 7.26. The number of thiophene rings is 1. The van der Waals surface area contributed by atoms with Gasteiger partial charge in [0.2, 0.25) is 0 Å². The topological polar surface area (TPSA) is 69.1 Å². The fraction of sp³-hybridized carbons (Fsp3) is 0. The number of hydrogen-bond donors (Lipinski definition) is 1. The van der Waals surface area contributed by atoms with E-state index in [9.17, 15) is 8.42 Å². The van der Waals surface area contributed by atoms with E-state index in [4.69, 9.17) is 10.7 Å². The summed E-state index contributed by atoms with van der Waals surface area (Å²) in [4.78, 5) is 0. The minimum absolute atomic E-state index is 0. The maximum atomic E-state index is 11.1. The molecular formula is C8H8ClNO2S2. The average molecular weight is 250 g/mol. The van der Waals surface area contributed by atoms with Crippen LogP contribution in [0.15, 0.2) is 33.9 Å². The van der Waals surface area contributed by atoms with Gasteiger partial charge in [-0.15, -0.1) is 11.3 Å². The van der Waals surface area contributed by atoms with Crippen molar-refractivity contribution in [2.45, 2.75) is 4.21 Å². The summed E-state index contributed by atoms with van der Waals surface area (Å²) in [6.45, 7) is 0. The fourth-order valence-electron chi connectivity index (χ4n) is 1.15. The Hall–Kier alpha value is -0.620. The van der Waals surface area contributed by atoms with Gasteiger partial charge < -0.3 is 6.15 Å². The quantitative estimate of drug-likeness (QED) is 0.790. The average Bonchev–Trinajstić information content (AvgIpc) is 2.45. The molecular weight excluding hydrogens is 242 g/mol. The second kappa shape index (κ2) is 3.86. The highest BCUT2D eigenvalue weighted by atomic mass is 35.7. The first-order valence-electron chi connectivity index (χ1n) is 3.50. The predicted molar refractivity (Wildman–Crippen MR) is 59.9 cm³/mol. The van der Waals surface area contributed by atoms with E-state index in [2.05, 4.69) is 0 Å². The molecule has 0 unspecified atom stereocenters. The van der Waals surface area contributed by atoms with Gasteiger partial charge in [-0.05, 0) is 10.8 Å². The van der Waals surface area contributed by atoms with E-state index in [0.717, 1.165) is 16.7 Å². The van der Waals surface area contributed by atoms with Gasteiger partial charge in [0.05, 0.1) is 0 Å². The Morgan fingerprint density at radius 3 is 2.50 bits per heavy atom. The molecule has 0 fully saturated rings. The first kappa shape index (κ1) is 11.5. The SMILES string of the molecule is N.O=S(=O)(Cl)c1scc2ccccc12. The van der Waals surface area contributed by atoms with Gasteiger partial charge in [0.25, 0.3) is 9.05 Å². The molecule has 0 bridgehead atoms. The maximum Gasteiger partial charge on any atom is 0.271 e. The zero-order chi connectivity index (χ0) is 9.47. The van der Waals surface area contributed by atoms with E-state index >= 15 is 0 Å². The first-order valence-corrected chi connectivity index (χ1v) is 6.69. The van der Waals surface area contributed by atoms with Gasteiger partial charge in [0, 0.05) is 16.1 Å². The summed E-state index contributed by atoms with van der Waals surface area (Å²) in [5, 5.41) is 3.39. The summed E-state index contributed by atoms with van der Waals surface area (Å²) in [7, 11) is 1.67. The van der Waals surface area contributed by atoms with Crippen molar-refractivity contribution < 1.29 is 8.42 Å². The van der Waals surface area contributed by atoms with Crippen molar-refractivity contribution in [1.29, 1.82) is 0 Å². The molecule has 2 aromatic rings. The van der Waals surface area contributed by atoms with Crippen LogP contribution in [0.2, 0.25) is 0 Å². The Balaban J connectivity index is 0.000000980. The highest BCUT2D eigenvalue weighted by Gasteiger charge is 2.15. The lowest BCUT2D eigenvalue weighted by Crippen LogP contribution is -1.85. The van der Waals surface area contributed by atoms with Crippen LogP contribution < -0.4 is 6.15 Å². The molecule has 0 aliphatic rings. The van der Waals surface area contributed by atoms with Gasteiger partial charge in [0.1, 0.15) is 4.21 Å². The standard InChI is InChI=1S/C8H5ClO2S2.H3N/c9-13(10,11)8-7-4-2-1-3-6(7)5-12-8;/h1-5H;1H3. The number of fused-ring (bicyclic) bond motifs is 1. The molecule has 1 heterocycles. The summed E-state index contributed by atoms with van der Waals surface area (Å²) in [5.41, 5.74) is 0. The van der Waals surface area contributed by atoms with Crippen molar-refractivity contribution in [2.24, 2.45) is 0 Å². The zero-order valence-electron chi connectivity index (χ0n) is 7.10. The summed E-state index contributed by atoms with van der Waals surface area (Å²) >= 11 is 1.15. The molecule has 0 radical (unpaired) electrons. The van der Waals surface area contributed by atoms with Crippen LogP contribution >= 0.6 is 22.0 Å². The number of halogens is 1. The summed E-state index contributed by atoms with van der Waals surface area (Å²) < 4.78 is 22.4. The fourth-order valence-corrected chi connectivity index (χ4v) is 3.54. The molecule has 1 aromatic heterocycles. The largest absolute Gasteiger partial charge is 0.344 e. The third-order valence-corrected chi connectivity index (χ3v) is 4.85. The normalized spacial score (nSPS) is 11.2. The van der Waals surface area contributed by atoms with Gasteiger partial charge in [-0.1, -0.05) is 24.3 Å². The Morgan fingerprint density at radius 1 is 1.21 bits per heavy atom. The molecule has 6 heteroatoms. The summed E-state index contributed by atoms with van der Waals surface area (Å²) in [6.07, 6.45) is 0. The van der Waals surface area contributed by atoms with Crippen LogP contribution in [-0.4, -0.2) is 8.42 Å². The van der Waals surface area contributed by atoms with Gasteiger partial charge in [-0.3, -0.25) is 0 Å². The molecule has 0 saturated carbocycles. The zero-order valence-corrected chi connectivity index (χ0v) is 9.49. The molecule has 0 aliphatic heterocycles. The number of benzene rings is 1. The molecule has 3 nitrogen and oxygen atoms in total. The van der Waals surface area contributed by atoms with Crippen LogP contribution in [0.5, 0.6) is 0 Å². The van der Waals surface area contributed by atoms with Crippen molar-refractivity contribution in [3.8, 4) is 0 Å². The van der Waals surface area contributed by atoms with E-state index in [1.54, 1.807) is 17.5 Å². The third-order valence-electron chi connectivity index (χ3n) is 1.70. The molecule has 14 heavy (non-hydrogen) atoms.